The van der Waals surface area contributed by atoms with E-state index in [2.05, 4.69) is 16.8 Å². The Morgan fingerprint density at radius 2 is 2.06 bits per heavy atom. The van der Waals surface area contributed by atoms with Crippen LogP contribution in [0, 0.1) is 24.6 Å². The number of ether oxygens (including phenoxy) is 1. The molecule has 5 rings (SSSR count). The van der Waals surface area contributed by atoms with E-state index in [1.54, 1.807) is 26.0 Å². The van der Waals surface area contributed by atoms with Crippen LogP contribution in [-0.4, -0.2) is 32.3 Å². The molecule has 1 aromatic carbocycles. The zero-order valence-corrected chi connectivity index (χ0v) is 18.2. The molecule has 2 N–H and O–H groups in total. The molecule has 4 heterocycles. The Morgan fingerprint density at radius 3 is 2.79 bits per heavy atom. The molecule has 0 unspecified atom stereocenters. The van der Waals surface area contributed by atoms with Crippen LogP contribution in [0.4, 0.5) is 4.39 Å². The second-order valence-corrected chi connectivity index (χ2v) is 8.31. The van der Waals surface area contributed by atoms with Crippen molar-refractivity contribution in [2.45, 2.75) is 45.4 Å². The molecule has 0 amide bonds. The average molecular weight is 448 g/mol. The molecule has 0 saturated carbocycles. The second kappa shape index (κ2) is 7.51. The van der Waals surface area contributed by atoms with Gasteiger partial charge >= 0.3 is 5.97 Å². The zero-order chi connectivity index (χ0) is 23.5. The van der Waals surface area contributed by atoms with Crippen molar-refractivity contribution >= 4 is 16.9 Å². The molecule has 2 aliphatic heterocycles. The van der Waals surface area contributed by atoms with E-state index in [0.29, 0.717) is 39.0 Å². The highest BCUT2D eigenvalue weighted by atomic mass is 19.1. The van der Waals surface area contributed by atoms with E-state index < -0.39 is 17.4 Å². The summed E-state index contributed by atoms with van der Waals surface area (Å²) >= 11 is 0. The van der Waals surface area contributed by atoms with Gasteiger partial charge in [-0.3, -0.25) is 4.79 Å². The molecule has 0 fully saturated rings. The number of carbonyl (C=O) groups is 1. The number of esters is 1. The van der Waals surface area contributed by atoms with Crippen molar-refractivity contribution in [2.75, 3.05) is 6.61 Å². The molecule has 7 nitrogen and oxygen atoms in total. The number of aryl methyl sites for hydroxylation is 1. The van der Waals surface area contributed by atoms with Crippen molar-refractivity contribution in [1.82, 2.24) is 9.55 Å². The lowest BCUT2D eigenvalue weighted by Gasteiger charge is -2.31. The number of pyridine rings is 2. The highest BCUT2D eigenvalue weighted by Gasteiger charge is 2.45. The largest absolute Gasteiger partial charge is 0.458 e. The van der Waals surface area contributed by atoms with Crippen LogP contribution < -0.4 is 5.56 Å². The maximum atomic E-state index is 14.4. The number of benzene rings is 1. The molecule has 3 aromatic rings. The van der Waals surface area contributed by atoms with E-state index in [9.17, 15) is 19.1 Å². The fourth-order valence-corrected chi connectivity index (χ4v) is 4.56. The van der Waals surface area contributed by atoms with Gasteiger partial charge < -0.3 is 19.5 Å². The standard InChI is InChI=1S/C25H21FN2O5/c1-3-25(32)18-9-21-22-16(11-28(21)23(30)17(18)12-33-24(25)31)14(6-4-5-7-29)15-8-13(2)19(26)10-20(15)27-22/h8-10,29,32H,3,5,7,11-12H2,1-2H3/t25-/m0/s1. The van der Waals surface area contributed by atoms with Crippen LogP contribution in [0.1, 0.15) is 47.6 Å². The van der Waals surface area contributed by atoms with Crippen molar-refractivity contribution < 1.29 is 24.1 Å². The van der Waals surface area contributed by atoms with E-state index in [1.165, 1.54) is 10.6 Å². The van der Waals surface area contributed by atoms with Gasteiger partial charge in [-0.15, -0.1) is 0 Å². The van der Waals surface area contributed by atoms with Crippen molar-refractivity contribution in [3.63, 3.8) is 0 Å². The van der Waals surface area contributed by atoms with Crippen LogP contribution in [0.5, 0.6) is 0 Å². The Hall–Kier alpha value is -3.54. The molecule has 0 saturated heterocycles. The molecule has 1 atom stereocenters. The summed E-state index contributed by atoms with van der Waals surface area (Å²) in [5, 5.41) is 20.8. The van der Waals surface area contributed by atoms with Gasteiger partial charge in [0, 0.05) is 34.6 Å². The van der Waals surface area contributed by atoms with E-state index >= 15 is 0 Å². The van der Waals surface area contributed by atoms with Crippen LogP contribution in [0.15, 0.2) is 23.0 Å². The SMILES string of the molecule is CC[C@@]1(O)C(=O)OCc2c1cc1n(c2=O)Cc2c-1nc1cc(F)c(C)cc1c2C#CCCO. The molecular formula is C25H21FN2O5. The van der Waals surface area contributed by atoms with Crippen molar-refractivity contribution in [3.05, 3.63) is 62.2 Å². The van der Waals surface area contributed by atoms with E-state index in [-0.39, 0.29) is 49.3 Å². The first kappa shape index (κ1) is 21.3. The first-order chi connectivity index (χ1) is 15.8. The molecule has 33 heavy (non-hydrogen) atoms. The first-order valence-electron chi connectivity index (χ1n) is 10.7. The maximum Gasteiger partial charge on any atom is 0.343 e. The Bertz CT molecular complexity index is 1480. The molecular weight excluding hydrogens is 427 g/mol. The number of halogens is 1. The molecule has 8 heteroatoms. The van der Waals surface area contributed by atoms with Gasteiger partial charge in [-0.2, -0.15) is 0 Å². The van der Waals surface area contributed by atoms with Crippen molar-refractivity contribution in [1.29, 1.82) is 0 Å². The molecule has 2 aliphatic rings. The topological polar surface area (TPSA) is 102 Å². The summed E-state index contributed by atoms with van der Waals surface area (Å²) < 4.78 is 21.0. The summed E-state index contributed by atoms with van der Waals surface area (Å²) in [4.78, 5) is 30.4. The molecule has 0 radical (unpaired) electrons. The number of cyclic esters (lactones) is 1. The zero-order valence-electron chi connectivity index (χ0n) is 18.2. The summed E-state index contributed by atoms with van der Waals surface area (Å²) in [7, 11) is 0. The van der Waals surface area contributed by atoms with Gasteiger partial charge in [0.25, 0.3) is 5.56 Å². The quantitative estimate of drug-likeness (QED) is 0.360. The number of fused-ring (bicyclic) bond motifs is 5. The van der Waals surface area contributed by atoms with Crippen LogP contribution in [0.2, 0.25) is 0 Å². The molecule has 168 valence electrons. The number of aliphatic hydroxyl groups excluding tert-OH is 1. The lowest BCUT2D eigenvalue weighted by atomic mass is 9.86. The van der Waals surface area contributed by atoms with Gasteiger partial charge in [0.15, 0.2) is 5.60 Å². The van der Waals surface area contributed by atoms with Crippen LogP contribution in [-0.2, 0) is 28.3 Å². The Kier molecular flexibility index (Phi) is 4.85. The van der Waals surface area contributed by atoms with Crippen molar-refractivity contribution in [2.24, 2.45) is 0 Å². The van der Waals surface area contributed by atoms with Crippen molar-refractivity contribution in [3.8, 4) is 23.2 Å². The predicted octanol–water partition coefficient (Wildman–Crippen LogP) is 2.26. The Balaban J connectivity index is 1.83. The number of hydrogen-bond acceptors (Lipinski definition) is 6. The van der Waals surface area contributed by atoms with E-state index in [1.807, 2.05) is 0 Å². The predicted molar refractivity (Wildman–Crippen MR) is 118 cm³/mol. The van der Waals surface area contributed by atoms with Gasteiger partial charge in [0.1, 0.15) is 12.4 Å². The van der Waals surface area contributed by atoms with Gasteiger partial charge in [0.05, 0.1) is 35.6 Å². The smallest absolute Gasteiger partial charge is 0.343 e. The normalized spacial score (nSPS) is 18.3. The minimum absolute atomic E-state index is 0.0438. The Morgan fingerprint density at radius 1 is 1.27 bits per heavy atom. The summed E-state index contributed by atoms with van der Waals surface area (Å²) in [6, 6.07) is 4.63. The highest BCUT2D eigenvalue weighted by molar-refractivity contribution is 5.92. The van der Waals surface area contributed by atoms with Gasteiger partial charge in [-0.1, -0.05) is 18.8 Å². The number of aliphatic hydroxyl groups is 2. The van der Waals surface area contributed by atoms with Gasteiger partial charge in [-0.05, 0) is 31.0 Å². The number of carbonyl (C=O) groups excluding carboxylic acids is 1. The number of nitrogens with zero attached hydrogens (tertiary/aromatic N) is 2. The third-order valence-corrected chi connectivity index (χ3v) is 6.42. The third-order valence-electron chi connectivity index (χ3n) is 6.42. The Labute approximate surface area is 188 Å². The number of aromatic nitrogens is 2. The molecule has 0 aliphatic carbocycles. The second-order valence-electron chi connectivity index (χ2n) is 8.31. The number of hydrogen-bond donors (Lipinski definition) is 2. The monoisotopic (exact) mass is 448 g/mol. The molecule has 0 bridgehead atoms. The summed E-state index contributed by atoms with van der Waals surface area (Å²) in [5.41, 5.74) is 1.19. The first-order valence-corrected chi connectivity index (χ1v) is 10.7. The fraction of sp³-hybridized carbons (Fsp3) is 0.320. The summed E-state index contributed by atoms with van der Waals surface area (Å²) in [6.45, 7) is 3.18. The van der Waals surface area contributed by atoms with Crippen LogP contribution >= 0.6 is 0 Å². The van der Waals surface area contributed by atoms with E-state index in [0.717, 1.165) is 0 Å². The van der Waals surface area contributed by atoms with Crippen LogP contribution in [0.3, 0.4) is 0 Å². The lowest BCUT2D eigenvalue weighted by molar-refractivity contribution is -0.172. The summed E-state index contributed by atoms with van der Waals surface area (Å²) in [5.74, 6) is 4.80. The minimum atomic E-state index is -1.92. The third kappa shape index (κ3) is 3.00. The molecule has 0 spiro atoms. The summed E-state index contributed by atoms with van der Waals surface area (Å²) in [6.07, 6.45) is 0.311. The maximum absolute atomic E-state index is 14.4. The minimum Gasteiger partial charge on any atom is -0.458 e. The van der Waals surface area contributed by atoms with Gasteiger partial charge in [0.2, 0.25) is 0 Å². The number of rotatable bonds is 2. The average Bonchev–Trinajstić information content (AvgIpc) is 3.16. The fourth-order valence-electron chi connectivity index (χ4n) is 4.56. The highest BCUT2D eigenvalue weighted by Crippen LogP contribution is 2.40. The van der Waals surface area contributed by atoms with Gasteiger partial charge in [-0.25, -0.2) is 14.2 Å². The van der Waals surface area contributed by atoms with E-state index in [4.69, 9.17) is 9.84 Å². The van der Waals surface area contributed by atoms with Crippen LogP contribution in [0.25, 0.3) is 22.3 Å². The lowest BCUT2D eigenvalue weighted by Crippen LogP contribution is -2.44. The molecule has 2 aromatic heterocycles.